The molecular formula is C19H25N5O. The second kappa shape index (κ2) is 6.98. The first kappa shape index (κ1) is 16.3. The summed E-state index contributed by atoms with van der Waals surface area (Å²) >= 11 is 0. The van der Waals surface area contributed by atoms with Gasteiger partial charge in [0.25, 0.3) is 0 Å². The van der Waals surface area contributed by atoms with Gasteiger partial charge < -0.3 is 9.47 Å². The zero-order chi connectivity index (χ0) is 17.2. The monoisotopic (exact) mass is 339 g/mol. The summed E-state index contributed by atoms with van der Waals surface area (Å²) in [5.41, 5.74) is 8.71. The highest BCUT2D eigenvalue weighted by atomic mass is 16.2. The number of hydrogen-bond donors (Lipinski definition) is 2. The number of nitrogens with zero attached hydrogens (tertiary/aromatic N) is 3. The summed E-state index contributed by atoms with van der Waals surface area (Å²) in [6, 6.07) is 8.31. The molecular weight excluding hydrogens is 314 g/mol. The Balaban J connectivity index is 1.61. The van der Waals surface area contributed by atoms with Crippen LogP contribution < -0.4 is 10.9 Å². The Morgan fingerprint density at radius 1 is 1.28 bits per heavy atom. The van der Waals surface area contributed by atoms with Crippen molar-refractivity contribution in [2.45, 2.75) is 50.9 Å². The van der Waals surface area contributed by atoms with Crippen LogP contribution in [0, 0.1) is 0 Å². The molecule has 3 atom stereocenters. The van der Waals surface area contributed by atoms with Gasteiger partial charge in [-0.15, -0.1) is 0 Å². The number of hydrogen-bond acceptors (Lipinski definition) is 4. The molecule has 0 aromatic carbocycles. The fraction of sp³-hybridized carbons (Fsp3) is 0.474. The smallest absolute Gasteiger partial charge is 0.242 e. The summed E-state index contributed by atoms with van der Waals surface area (Å²) in [6.07, 6.45) is 8.79. The summed E-state index contributed by atoms with van der Waals surface area (Å²) in [4.78, 5) is 19.5. The third kappa shape index (κ3) is 3.07. The van der Waals surface area contributed by atoms with Crippen LogP contribution in [0.1, 0.15) is 43.5 Å². The lowest BCUT2D eigenvalue weighted by atomic mass is 9.99. The number of amides is 1. The Morgan fingerprint density at radius 2 is 2.20 bits per heavy atom. The topological polar surface area (TPSA) is 62.2 Å². The minimum absolute atomic E-state index is 0.0722. The van der Waals surface area contributed by atoms with Gasteiger partial charge in [-0.05, 0) is 36.6 Å². The van der Waals surface area contributed by atoms with Crippen LogP contribution in [-0.4, -0.2) is 39.0 Å². The summed E-state index contributed by atoms with van der Waals surface area (Å²) in [7, 11) is 0. The van der Waals surface area contributed by atoms with E-state index >= 15 is 0 Å². The van der Waals surface area contributed by atoms with Crippen LogP contribution in [-0.2, 0) is 11.3 Å². The number of carbonyl (C=O) groups excluding carboxylic acids is 1. The molecule has 4 rings (SSSR count). The molecule has 25 heavy (non-hydrogen) atoms. The number of pyridine rings is 1. The highest BCUT2D eigenvalue weighted by molar-refractivity contribution is 5.83. The quantitative estimate of drug-likeness (QED) is 0.892. The molecule has 1 amide bonds. The minimum atomic E-state index is -0.155. The molecule has 2 aromatic rings. The van der Waals surface area contributed by atoms with Gasteiger partial charge in [-0.3, -0.25) is 15.2 Å². The molecule has 1 fully saturated rings. The average Bonchev–Trinajstić information content (AvgIpc) is 3.30. The van der Waals surface area contributed by atoms with Crippen molar-refractivity contribution in [2.75, 3.05) is 6.54 Å². The lowest BCUT2D eigenvalue weighted by molar-refractivity contribution is -0.136. The molecule has 2 aromatic heterocycles. The molecule has 2 N–H and O–H groups in total. The van der Waals surface area contributed by atoms with Crippen molar-refractivity contribution >= 4 is 5.91 Å². The molecule has 3 unspecified atom stereocenters. The van der Waals surface area contributed by atoms with Gasteiger partial charge in [0.15, 0.2) is 0 Å². The first-order valence-electron chi connectivity index (χ1n) is 9.14. The molecule has 0 radical (unpaired) electrons. The Bertz CT molecular complexity index is 728. The second-order valence-electron chi connectivity index (χ2n) is 6.91. The van der Waals surface area contributed by atoms with E-state index in [9.17, 15) is 4.79 Å². The van der Waals surface area contributed by atoms with Crippen LogP contribution in [0.4, 0.5) is 0 Å². The molecule has 132 valence electrons. The lowest BCUT2D eigenvalue weighted by Crippen LogP contribution is -2.50. The van der Waals surface area contributed by atoms with E-state index in [4.69, 9.17) is 0 Å². The zero-order valence-electron chi connectivity index (χ0n) is 14.6. The Hall–Kier alpha value is -2.18. The van der Waals surface area contributed by atoms with E-state index in [1.54, 1.807) is 6.20 Å². The molecule has 2 aliphatic heterocycles. The first-order chi connectivity index (χ1) is 12.3. The van der Waals surface area contributed by atoms with Gasteiger partial charge in [0.05, 0.1) is 6.04 Å². The van der Waals surface area contributed by atoms with E-state index in [2.05, 4.69) is 51.7 Å². The van der Waals surface area contributed by atoms with E-state index < -0.39 is 0 Å². The minimum Gasteiger partial charge on any atom is -0.348 e. The lowest BCUT2D eigenvalue weighted by Gasteiger charge is -2.38. The summed E-state index contributed by atoms with van der Waals surface area (Å²) < 4.78 is 2.24. The Morgan fingerprint density at radius 3 is 3.00 bits per heavy atom. The number of hydrazine groups is 1. The van der Waals surface area contributed by atoms with Gasteiger partial charge in [0, 0.05) is 43.4 Å². The maximum atomic E-state index is 13.3. The fourth-order valence-corrected chi connectivity index (χ4v) is 4.03. The van der Waals surface area contributed by atoms with E-state index in [1.807, 2.05) is 17.2 Å². The molecule has 2 aliphatic rings. The molecule has 4 heterocycles. The normalized spacial score (nSPS) is 25.8. The summed E-state index contributed by atoms with van der Waals surface area (Å²) in [5.74, 6) is 0.174. The molecule has 0 spiro atoms. The highest BCUT2D eigenvalue weighted by Crippen LogP contribution is 2.33. The van der Waals surface area contributed by atoms with Crippen molar-refractivity contribution in [1.82, 2.24) is 25.3 Å². The van der Waals surface area contributed by atoms with Crippen LogP contribution >= 0.6 is 0 Å². The number of carbonyl (C=O) groups is 1. The van der Waals surface area contributed by atoms with E-state index in [1.165, 1.54) is 0 Å². The predicted molar refractivity (Wildman–Crippen MR) is 95.6 cm³/mol. The van der Waals surface area contributed by atoms with E-state index in [0.717, 1.165) is 43.6 Å². The van der Waals surface area contributed by atoms with Crippen molar-refractivity contribution in [1.29, 1.82) is 0 Å². The number of aromatic nitrogens is 2. The van der Waals surface area contributed by atoms with Crippen molar-refractivity contribution in [3.8, 4) is 0 Å². The maximum Gasteiger partial charge on any atom is 0.242 e. The fourth-order valence-electron chi connectivity index (χ4n) is 4.03. The van der Waals surface area contributed by atoms with Crippen molar-refractivity contribution in [2.24, 2.45) is 0 Å². The Kier molecular flexibility index (Phi) is 4.55. The van der Waals surface area contributed by atoms with Gasteiger partial charge in [0.1, 0.15) is 6.04 Å². The van der Waals surface area contributed by atoms with Crippen molar-refractivity contribution in [3.63, 3.8) is 0 Å². The van der Waals surface area contributed by atoms with E-state index in [-0.39, 0.29) is 18.0 Å². The van der Waals surface area contributed by atoms with Crippen LogP contribution in [0.2, 0.25) is 0 Å². The average molecular weight is 339 g/mol. The number of fused-ring (bicyclic) bond motifs is 1. The van der Waals surface area contributed by atoms with Crippen LogP contribution in [0.5, 0.6) is 0 Å². The predicted octanol–water partition coefficient (Wildman–Crippen LogP) is 1.85. The third-order valence-electron chi connectivity index (χ3n) is 5.24. The first-order valence-corrected chi connectivity index (χ1v) is 9.14. The SMILES string of the molecule is CCCC1CC(C(=O)N2CCn3cccc3C2c2cccnc2)NN1. The van der Waals surface area contributed by atoms with Gasteiger partial charge in [-0.1, -0.05) is 19.4 Å². The molecule has 1 saturated heterocycles. The molecule has 0 bridgehead atoms. The van der Waals surface area contributed by atoms with Gasteiger partial charge in [-0.2, -0.15) is 0 Å². The van der Waals surface area contributed by atoms with Crippen molar-refractivity contribution < 1.29 is 4.79 Å². The maximum absolute atomic E-state index is 13.3. The summed E-state index contributed by atoms with van der Waals surface area (Å²) in [5, 5.41) is 0. The number of rotatable bonds is 4. The van der Waals surface area contributed by atoms with Crippen LogP contribution in [0.25, 0.3) is 0 Å². The zero-order valence-corrected chi connectivity index (χ0v) is 14.6. The standard InChI is InChI=1S/C19H25N5O/c1-2-5-15-12-16(22-21-15)19(25)24-11-10-23-9-4-7-17(23)18(24)14-6-3-8-20-13-14/h3-4,6-9,13,15-16,18,21-22H,2,5,10-12H2,1H3. The second-order valence-corrected chi connectivity index (χ2v) is 6.91. The van der Waals surface area contributed by atoms with Gasteiger partial charge in [0.2, 0.25) is 5.91 Å². The summed E-state index contributed by atoms with van der Waals surface area (Å²) in [6.45, 7) is 3.73. The van der Waals surface area contributed by atoms with Gasteiger partial charge >= 0.3 is 0 Å². The van der Waals surface area contributed by atoms with Crippen LogP contribution in [0.15, 0.2) is 42.9 Å². The molecule has 6 heteroatoms. The molecule has 0 aliphatic carbocycles. The largest absolute Gasteiger partial charge is 0.348 e. The third-order valence-corrected chi connectivity index (χ3v) is 5.24. The number of nitrogens with one attached hydrogen (secondary N) is 2. The van der Waals surface area contributed by atoms with E-state index in [0.29, 0.717) is 6.04 Å². The van der Waals surface area contributed by atoms with Crippen molar-refractivity contribution in [3.05, 3.63) is 54.1 Å². The Labute approximate surface area is 148 Å². The molecule has 0 saturated carbocycles. The van der Waals surface area contributed by atoms with Crippen LogP contribution in [0.3, 0.4) is 0 Å². The van der Waals surface area contributed by atoms with Gasteiger partial charge in [-0.25, -0.2) is 5.43 Å². The molecule has 6 nitrogen and oxygen atoms in total. The highest BCUT2D eigenvalue weighted by Gasteiger charge is 2.38.